The van der Waals surface area contributed by atoms with Gasteiger partial charge in [-0.1, -0.05) is 23.7 Å². The zero-order chi connectivity index (χ0) is 25.8. The molecule has 0 N–H and O–H groups in total. The Morgan fingerprint density at radius 1 is 1.17 bits per heavy atom. The Bertz CT molecular complexity index is 1410. The van der Waals surface area contributed by atoms with E-state index in [0.29, 0.717) is 16.5 Å². The number of halogens is 5. The Balaban J connectivity index is 1.40. The number of carbonyl (C=O) groups excluding carboxylic acids is 2. The van der Waals surface area contributed by atoms with Crippen molar-refractivity contribution in [3.8, 4) is 0 Å². The van der Waals surface area contributed by atoms with Gasteiger partial charge in [-0.3, -0.25) is 19.2 Å². The number of fused-ring (bicyclic) bond motifs is 1. The fourth-order valence-corrected chi connectivity index (χ4v) is 5.58. The average Bonchev–Trinajstić information content (AvgIpc) is 3.43. The second kappa shape index (κ2) is 9.20. The van der Waals surface area contributed by atoms with Crippen LogP contribution >= 0.6 is 23.4 Å². The second-order valence-electron chi connectivity index (χ2n) is 8.78. The molecule has 0 aliphatic carbocycles. The third kappa shape index (κ3) is 4.62. The molecule has 6 nitrogen and oxygen atoms in total. The lowest BCUT2D eigenvalue weighted by atomic mass is 10.1. The number of benzene rings is 2. The summed E-state index contributed by atoms with van der Waals surface area (Å²) in [6.45, 7) is 0.321. The van der Waals surface area contributed by atoms with Gasteiger partial charge in [0.1, 0.15) is 6.17 Å². The predicted molar refractivity (Wildman–Crippen MR) is 129 cm³/mol. The number of likely N-dealkylation sites (N-methyl/N-ethyl adjacent to an activating group) is 1. The first kappa shape index (κ1) is 24.8. The summed E-state index contributed by atoms with van der Waals surface area (Å²) in [6.07, 6.45) is -2.79. The molecule has 2 saturated heterocycles. The number of nitrogens with zero attached hydrogens (tertiary/aromatic N) is 4. The highest BCUT2D eigenvalue weighted by Gasteiger charge is 2.46. The number of carbonyl (C=O) groups is 2. The molecule has 2 amide bonds. The summed E-state index contributed by atoms with van der Waals surface area (Å²) in [4.78, 5) is 28.3. The van der Waals surface area contributed by atoms with E-state index in [1.807, 2.05) is 0 Å². The average molecular weight is 539 g/mol. The number of aromatic nitrogens is 2. The van der Waals surface area contributed by atoms with Crippen molar-refractivity contribution in [2.45, 2.75) is 24.9 Å². The van der Waals surface area contributed by atoms with E-state index >= 15 is 0 Å². The zero-order valence-electron chi connectivity index (χ0n) is 18.8. The van der Waals surface area contributed by atoms with Crippen LogP contribution < -0.4 is 0 Å². The van der Waals surface area contributed by atoms with Crippen LogP contribution in [0.5, 0.6) is 0 Å². The highest BCUT2D eigenvalue weighted by Crippen LogP contribution is 2.37. The molecular formula is C24H19ClF4N4O2S. The smallest absolute Gasteiger partial charge is 0.301 e. The van der Waals surface area contributed by atoms with E-state index in [1.165, 1.54) is 23.0 Å². The summed E-state index contributed by atoms with van der Waals surface area (Å²) in [6, 6.07) is 7.89. The molecule has 188 valence electrons. The molecule has 0 saturated carbocycles. The summed E-state index contributed by atoms with van der Waals surface area (Å²) in [5, 5.41) is 4.36. The monoisotopic (exact) mass is 538 g/mol. The summed E-state index contributed by atoms with van der Waals surface area (Å²) in [7, 11) is 1.73. The van der Waals surface area contributed by atoms with Crippen molar-refractivity contribution >= 4 is 51.5 Å². The third-order valence-electron chi connectivity index (χ3n) is 6.22. The maximum atomic E-state index is 14.3. The number of imide groups is 1. The molecule has 0 radical (unpaired) electrons. The third-order valence-corrected chi connectivity index (χ3v) is 7.34. The number of alkyl halides is 4. The SMILES string of the molecule is CN1C[C@@H](F)[C@H](N2C(=O)S/C(=C\c3ccc4c(cnn4Cc4ccc(Cl)cc4C(F)(F)F)c3)C2=O)C1. The molecule has 2 aromatic carbocycles. The standard InChI is InChI=1S/C24H19ClF4N4O2S/c1-31-11-18(26)20(12-31)33-22(34)21(36-23(33)35)7-13-2-5-19-15(6-13)9-30-32(19)10-14-3-4-16(25)8-17(14)24(27,28)29/h2-9,18,20H,10-12H2,1H3/b21-7-/t18-,20-/m1/s1. The highest BCUT2D eigenvalue weighted by molar-refractivity contribution is 8.18. The van der Waals surface area contributed by atoms with Crippen LogP contribution in [0.2, 0.25) is 5.02 Å². The minimum Gasteiger partial charge on any atom is -0.301 e. The minimum absolute atomic E-state index is 0.00700. The lowest BCUT2D eigenvalue weighted by molar-refractivity contribution is -0.138. The summed E-state index contributed by atoms with van der Waals surface area (Å²) in [5.41, 5.74) is 0.404. The van der Waals surface area contributed by atoms with E-state index in [2.05, 4.69) is 5.10 Å². The maximum absolute atomic E-state index is 14.3. The van der Waals surface area contributed by atoms with E-state index in [-0.39, 0.29) is 35.1 Å². The zero-order valence-corrected chi connectivity index (χ0v) is 20.4. The molecule has 3 aromatic rings. The lowest BCUT2D eigenvalue weighted by Crippen LogP contribution is -2.44. The molecule has 0 spiro atoms. The lowest BCUT2D eigenvalue weighted by Gasteiger charge is -2.21. The van der Waals surface area contributed by atoms with Crippen molar-refractivity contribution in [1.82, 2.24) is 19.6 Å². The van der Waals surface area contributed by atoms with Crippen molar-refractivity contribution in [3.05, 3.63) is 69.2 Å². The predicted octanol–water partition coefficient (Wildman–Crippen LogP) is 5.45. The number of hydrogen-bond donors (Lipinski definition) is 0. The van der Waals surface area contributed by atoms with Gasteiger partial charge in [-0.2, -0.15) is 18.3 Å². The molecule has 12 heteroatoms. The number of amides is 2. The summed E-state index contributed by atoms with van der Waals surface area (Å²) < 4.78 is 56.2. The molecule has 5 rings (SSSR count). The van der Waals surface area contributed by atoms with Crippen LogP contribution in [0.1, 0.15) is 16.7 Å². The van der Waals surface area contributed by atoms with Crippen LogP contribution in [0.15, 0.2) is 47.5 Å². The Morgan fingerprint density at radius 2 is 1.94 bits per heavy atom. The number of hydrogen-bond acceptors (Lipinski definition) is 5. The topological polar surface area (TPSA) is 58.4 Å². The molecule has 0 unspecified atom stereocenters. The van der Waals surface area contributed by atoms with Crippen molar-refractivity contribution in [1.29, 1.82) is 0 Å². The van der Waals surface area contributed by atoms with Crippen LogP contribution in [0.25, 0.3) is 17.0 Å². The van der Waals surface area contributed by atoms with E-state index < -0.39 is 35.1 Å². The number of thioether (sulfide) groups is 1. The van der Waals surface area contributed by atoms with Crippen LogP contribution in [0, 0.1) is 0 Å². The van der Waals surface area contributed by atoms with Crippen LogP contribution in [0.3, 0.4) is 0 Å². The quantitative estimate of drug-likeness (QED) is 0.327. The van der Waals surface area contributed by atoms with Gasteiger partial charge in [0.25, 0.3) is 11.1 Å². The van der Waals surface area contributed by atoms with Gasteiger partial charge in [0.2, 0.25) is 0 Å². The Morgan fingerprint density at radius 3 is 2.64 bits per heavy atom. The van der Waals surface area contributed by atoms with Gasteiger partial charge in [-0.05, 0) is 60.3 Å². The highest BCUT2D eigenvalue weighted by atomic mass is 35.5. The fourth-order valence-electron chi connectivity index (χ4n) is 4.52. The molecule has 36 heavy (non-hydrogen) atoms. The first-order valence-electron chi connectivity index (χ1n) is 10.9. The summed E-state index contributed by atoms with van der Waals surface area (Å²) in [5.74, 6) is -0.536. The van der Waals surface area contributed by atoms with Gasteiger partial charge in [0.05, 0.1) is 34.8 Å². The molecule has 2 aliphatic rings. The largest absolute Gasteiger partial charge is 0.416 e. The minimum atomic E-state index is -4.56. The molecular weight excluding hydrogens is 520 g/mol. The van der Waals surface area contributed by atoms with E-state index in [1.54, 1.807) is 36.2 Å². The number of rotatable bonds is 4. The van der Waals surface area contributed by atoms with Crippen molar-refractivity contribution < 1.29 is 27.2 Å². The van der Waals surface area contributed by atoms with Crippen molar-refractivity contribution in [2.24, 2.45) is 0 Å². The van der Waals surface area contributed by atoms with E-state index in [9.17, 15) is 27.2 Å². The van der Waals surface area contributed by atoms with Crippen LogP contribution in [-0.2, 0) is 17.5 Å². The Labute approximate surface area is 212 Å². The number of likely N-dealkylation sites (tertiary alicyclic amines) is 1. The molecule has 3 heterocycles. The second-order valence-corrected chi connectivity index (χ2v) is 10.2. The van der Waals surface area contributed by atoms with Gasteiger partial charge in [0, 0.05) is 23.5 Å². The van der Waals surface area contributed by atoms with Gasteiger partial charge in [-0.15, -0.1) is 0 Å². The van der Waals surface area contributed by atoms with Gasteiger partial charge in [0.15, 0.2) is 0 Å². The Kier molecular flexibility index (Phi) is 6.34. The van der Waals surface area contributed by atoms with Gasteiger partial charge < -0.3 is 4.90 Å². The van der Waals surface area contributed by atoms with Crippen molar-refractivity contribution in [3.63, 3.8) is 0 Å². The first-order chi connectivity index (χ1) is 17.0. The molecule has 0 bridgehead atoms. The summed E-state index contributed by atoms with van der Waals surface area (Å²) >= 11 is 6.53. The van der Waals surface area contributed by atoms with Crippen LogP contribution in [-0.4, -0.2) is 63.1 Å². The van der Waals surface area contributed by atoms with Crippen LogP contribution in [0.4, 0.5) is 22.4 Å². The molecule has 2 atom stereocenters. The van der Waals surface area contributed by atoms with Gasteiger partial charge in [-0.25, -0.2) is 4.39 Å². The van der Waals surface area contributed by atoms with Gasteiger partial charge >= 0.3 is 6.18 Å². The first-order valence-corrected chi connectivity index (χ1v) is 12.1. The Hall–Kier alpha value is -2.89. The molecule has 2 fully saturated rings. The van der Waals surface area contributed by atoms with Crippen molar-refractivity contribution in [2.75, 3.05) is 20.1 Å². The molecule has 1 aromatic heterocycles. The van der Waals surface area contributed by atoms with E-state index in [4.69, 9.17) is 11.6 Å². The normalized spacial score (nSPS) is 22.5. The van der Waals surface area contributed by atoms with E-state index in [0.717, 1.165) is 22.7 Å². The maximum Gasteiger partial charge on any atom is 0.416 e. The molecule has 2 aliphatic heterocycles. The fraction of sp³-hybridized carbons (Fsp3) is 0.292.